The lowest BCUT2D eigenvalue weighted by Crippen LogP contribution is -1.99. The molecule has 72 valence electrons. The largest absolute Gasteiger partial charge is 0.300 e. The summed E-state index contributed by atoms with van der Waals surface area (Å²) in [5, 5.41) is 4.24. The molecule has 0 aliphatic rings. The van der Waals surface area contributed by atoms with Crippen LogP contribution >= 0.6 is 0 Å². The van der Waals surface area contributed by atoms with Crippen LogP contribution in [-0.4, -0.2) is 15.6 Å². The minimum Gasteiger partial charge on any atom is -0.300 e. The van der Waals surface area contributed by atoms with Gasteiger partial charge < -0.3 is 4.79 Å². The number of carbonyl (C=O) groups is 1. The number of aryl methyl sites for hydroxylation is 3. The van der Waals surface area contributed by atoms with Crippen LogP contribution in [0, 0.1) is 6.92 Å². The molecule has 0 aliphatic heterocycles. The third-order valence-corrected chi connectivity index (χ3v) is 2.06. The predicted octanol–water partition coefficient (Wildman–Crippen LogP) is 1.64. The zero-order chi connectivity index (χ0) is 9.84. The Morgan fingerprint density at radius 3 is 2.77 bits per heavy atom. The Morgan fingerprint density at radius 2 is 2.31 bits per heavy atom. The maximum atomic E-state index is 10.7. The highest BCUT2D eigenvalue weighted by molar-refractivity contribution is 5.75. The van der Waals surface area contributed by atoms with E-state index < -0.39 is 0 Å². The standard InChI is InChI=1S/C10H16N2O/c1-8-7-10(12(3)11-8)6-4-5-9(2)13/h7H,4-6H2,1-3H3. The van der Waals surface area contributed by atoms with Crippen LogP contribution in [0.4, 0.5) is 0 Å². The predicted molar refractivity (Wildman–Crippen MR) is 51.6 cm³/mol. The third kappa shape index (κ3) is 3.01. The minimum absolute atomic E-state index is 0.263. The second-order valence-electron chi connectivity index (χ2n) is 3.46. The Labute approximate surface area is 78.8 Å². The van der Waals surface area contributed by atoms with E-state index in [9.17, 15) is 4.79 Å². The number of hydrogen-bond acceptors (Lipinski definition) is 2. The lowest BCUT2D eigenvalue weighted by atomic mass is 10.1. The van der Waals surface area contributed by atoms with E-state index >= 15 is 0 Å². The van der Waals surface area contributed by atoms with E-state index in [1.807, 2.05) is 18.7 Å². The minimum atomic E-state index is 0.263. The first-order chi connectivity index (χ1) is 6.09. The molecule has 0 saturated carbocycles. The SMILES string of the molecule is CC(=O)CCCc1cc(C)nn1C. The summed E-state index contributed by atoms with van der Waals surface area (Å²) in [6, 6.07) is 2.07. The van der Waals surface area contributed by atoms with E-state index in [0.717, 1.165) is 18.5 Å². The second-order valence-corrected chi connectivity index (χ2v) is 3.46. The number of Topliss-reactive ketones (excluding diaryl/α,β-unsaturated/α-hetero) is 1. The molecule has 0 aliphatic carbocycles. The summed E-state index contributed by atoms with van der Waals surface area (Å²) in [5.74, 6) is 0.263. The summed E-state index contributed by atoms with van der Waals surface area (Å²) >= 11 is 0. The normalized spacial score (nSPS) is 10.4. The number of ketones is 1. The van der Waals surface area contributed by atoms with Gasteiger partial charge in [0.1, 0.15) is 5.78 Å². The molecule has 1 rings (SSSR count). The molecule has 0 radical (unpaired) electrons. The molecule has 1 heterocycles. The maximum absolute atomic E-state index is 10.7. The van der Waals surface area contributed by atoms with Gasteiger partial charge in [0.2, 0.25) is 0 Å². The van der Waals surface area contributed by atoms with Crippen molar-refractivity contribution in [1.82, 2.24) is 9.78 Å². The van der Waals surface area contributed by atoms with Gasteiger partial charge in [0.15, 0.2) is 0 Å². The molecule has 0 amide bonds. The number of nitrogens with zero attached hydrogens (tertiary/aromatic N) is 2. The fourth-order valence-corrected chi connectivity index (χ4v) is 1.42. The smallest absolute Gasteiger partial charge is 0.129 e. The van der Waals surface area contributed by atoms with Crippen LogP contribution in [0.5, 0.6) is 0 Å². The summed E-state index contributed by atoms with van der Waals surface area (Å²) in [6.45, 7) is 3.61. The molecule has 0 fully saturated rings. The van der Waals surface area contributed by atoms with Gasteiger partial charge in [-0.1, -0.05) is 0 Å². The molecule has 0 unspecified atom stereocenters. The Hall–Kier alpha value is -1.12. The fourth-order valence-electron chi connectivity index (χ4n) is 1.42. The topological polar surface area (TPSA) is 34.9 Å². The maximum Gasteiger partial charge on any atom is 0.129 e. The van der Waals surface area contributed by atoms with Crippen molar-refractivity contribution in [1.29, 1.82) is 0 Å². The van der Waals surface area contributed by atoms with Crippen LogP contribution in [0.15, 0.2) is 6.07 Å². The molecule has 0 spiro atoms. The Kier molecular flexibility index (Phi) is 3.23. The average molecular weight is 180 g/mol. The lowest BCUT2D eigenvalue weighted by Gasteiger charge is -1.99. The Morgan fingerprint density at radius 1 is 1.62 bits per heavy atom. The van der Waals surface area contributed by atoms with Crippen LogP contribution in [0.25, 0.3) is 0 Å². The average Bonchev–Trinajstić information content (AvgIpc) is 2.29. The highest BCUT2D eigenvalue weighted by atomic mass is 16.1. The van der Waals surface area contributed by atoms with E-state index in [1.54, 1.807) is 6.92 Å². The van der Waals surface area contributed by atoms with Gasteiger partial charge in [-0.05, 0) is 32.8 Å². The van der Waals surface area contributed by atoms with E-state index in [-0.39, 0.29) is 5.78 Å². The molecule has 3 heteroatoms. The molecular weight excluding hydrogens is 164 g/mol. The van der Waals surface area contributed by atoms with Gasteiger partial charge in [0.05, 0.1) is 5.69 Å². The molecular formula is C10H16N2O. The van der Waals surface area contributed by atoms with Crippen molar-refractivity contribution in [2.45, 2.75) is 33.1 Å². The zero-order valence-corrected chi connectivity index (χ0v) is 8.50. The van der Waals surface area contributed by atoms with Gasteiger partial charge >= 0.3 is 0 Å². The van der Waals surface area contributed by atoms with Gasteiger partial charge in [0, 0.05) is 19.2 Å². The van der Waals surface area contributed by atoms with Crippen molar-refractivity contribution in [3.8, 4) is 0 Å². The molecule has 0 N–H and O–H groups in total. The van der Waals surface area contributed by atoms with E-state index in [1.165, 1.54) is 5.69 Å². The molecule has 0 atom stereocenters. The van der Waals surface area contributed by atoms with Crippen LogP contribution in [0.3, 0.4) is 0 Å². The van der Waals surface area contributed by atoms with Crippen LogP contribution in [-0.2, 0) is 18.3 Å². The number of hydrogen-bond donors (Lipinski definition) is 0. The Bertz CT molecular complexity index is 302. The number of aromatic nitrogens is 2. The quantitative estimate of drug-likeness (QED) is 0.706. The number of rotatable bonds is 4. The monoisotopic (exact) mass is 180 g/mol. The van der Waals surface area contributed by atoms with Crippen LogP contribution in [0.2, 0.25) is 0 Å². The molecule has 1 aromatic heterocycles. The summed E-state index contributed by atoms with van der Waals surface area (Å²) in [4.78, 5) is 10.7. The van der Waals surface area contributed by atoms with Crippen molar-refractivity contribution < 1.29 is 4.79 Å². The van der Waals surface area contributed by atoms with Crippen molar-refractivity contribution in [3.63, 3.8) is 0 Å². The first-order valence-electron chi connectivity index (χ1n) is 4.58. The fraction of sp³-hybridized carbons (Fsp3) is 0.600. The van der Waals surface area contributed by atoms with Gasteiger partial charge in [-0.3, -0.25) is 4.68 Å². The van der Waals surface area contributed by atoms with Crippen LogP contribution < -0.4 is 0 Å². The molecule has 1 aromatic rings. The van der Waals surface area contributed by atoms with Gasteiger partial charge in [-0.2, -0.15) is 5.10 Å². The molecule has 3 nitrogen and oxygen atoms in total. The first kappa shape index (κ1) is 9.96. The van der Waals surface area contributed by atoms with Crippen molar-refractivity contribution in [2.75, 3.05) is 0 Å². The summed E-state index contributed by atoms with van der Waals surface area (Å²) in [5.41, 5.74) is 2.25. The van der Waals surface area contributed by atoms with E-state index in [2.05, 4.69) is 11.2 Å². The molecule has 0 saturated heterocycles. The third-order valence-electron chi connectivity index (χ3n) is 2.06. The van der Waals surface area contributed by atoms with E-state index in [0.29, 0.717) is 6.42 Å². The Balaban J connectivity index is 2.45. The number of carbonyl (C=O) groups excluding carboxylic acids is 1. The second kappa shape index (κ2) is 4.21. The highest BCUT2D eigenvalue weighted by Crippen LogP contribution is 2.06. The van der Waals surface area contributed by atoms with Gasteiger partial charge in [-0.25, -0.2) is 0 Å². The van der Waals surface area contributed by atoms with Gasteiger partial charge in [-0.15, -0.1) is 0 Å². The van der Waals surface area contributed by atoms with Crippen LogP contribution in [0.1, 0.15) is 31.2 Å². The highest BCUT2D eigenvalue weighted by Gasteiger charge is 2.02. The molecule has 0 bridgehead atoms. The summed E-state index contributed by atoms with van der Waals surface area (Å²) in [7, 11) is 1.94. The lowest BCUT2D eigenvalue weighted by molar-refractivity contribution is -0.117. The van der Waals surface area contributed by atoms with Crippen molar-refractivity contribution in [3.05, 3.63) is 17.5 Å². The molecule has 13 heavy (non-hydrogen) atoms. The van der Waals surface area contributed by atoms with E-state index in [4.69, 9.17) is 0 Å². The zero-order valence-electron chi connectivity index (χ0n) is 8.50. The van der Waals surface area contributed by atoms with Gasteiger partial charge in [0.25, 0.3) is 0 Å². The molecule has 0 aromatic carbocycles. The summed E-state index contributed by atoms with van der Waals surface area (Å²) < 4.78 is 1.88. The van der Waals surface area contributed by atoms with Crippen molar-refractivity contribution in [2.24, 2.45) is 7.05 Å². The first-order valence-corrected chi connectivity index (χ1v) is 4.58. The van der Waals surface area contributed by atoms with Crippen molar-refractivity contribution >= 4 is 5.78 Å². The summed E-state index contributed by atoms with van der Waals surface area (Å²) in [6.07, 6.45) is 2.54.